The summed E-state index contributed by atoms with van der Waals surface area (Å²) < 4.78 is 0. The second-order valence-corrected chi connectivity index (χ2v) is 5.19. The summed E-state index contributed by atoms with van der Waals surface area (Å²) in [6.45, 7) is 4.03. The maximum atomic E-state index is 6.15. The molecule has 0 bridgehead atoms. The van der Waals surface area contributed by atoms with Crippen molar-refractivity contribution in [3.8, 4) is 0 Å². The quantitative estimate of drug-likeness (QED) is 0.744. The minimum Gasteiger partial charge on any atom is -0.340 e. The molecule has 3 aromatic rings. The van der Waals surface area contributed by atoms with E-state index in [1.165, 1.54) is 0 Å². The van der Waals surface area contributed by atoms with Crippen LogP contribution in [-0.4, -0.2) is 9.97 Å². The van der Waals surface area contributed by atoms with Crippen molar-refractivity contribution < 1.29 is 0 Å². The summed E-state index contributed by atoms with van der Waals surface area (Å²) in [5.41, 5.74) is 4.07. The van der Waals surface area contributed by atoms with Crippen LogP contribution in [0.5, 0.6) is 0 Å². The van der Waals surface area contributed by atoms with Crippen LogP contribution in [0.15, 0.2) is 42.7 Å². The number of benzene rings is 2. The Kier molecular flexibility index (Phi) is 3.28. The predicted molar refractivity (Wildman–Crippen MR) is 83.7 cm³/mol. The fraction of sp³-hybridized carbons (Fsp3) is 0.125. The summed E-state index contributed by atoms with van der Waals surface area (Å²) in [5.74, 6) is 0.790. The first kappa shape index (κ1) is 12.9. The molecule has 0 unspecified atom stereocenters. The van der Waals surface area contributed by atoms with Crippen molar-refractivity contribution in [1.29, 1.82) is 0 Å². The Morgan fingerprint density at radius 1 is 1.00 bits per heavy atom. The molecule has 0 atom stereocenters. The fourth-order valence-electron chi connectivity index (χ4n) is 2.14. The van der Waals surface area contributed by atoms with Crippen molar-refractivity contribution in [3.63, 3.8) is 0 Å². The zero-order chi connectivity index (χ0) is 14.1. The van der Waals surface area contributed by atoms with Gasteiger partial charge in [-0.3, -0.25) is 0 Å². The van der Waals surface area contributed by atoms with Crippen molar-refractivity contribution >= 4 is 34.0 Å². The summed E-state index contributed by atoms with van der Waals surface area (Å²) in [6, 6.07) is 11.9. The highest BCUT2D eigenvalue weighted by Crippen LogP contribution is 2.27. The third-order valence-corrected chi connectivity index (χ3v) is 3.71. The number of nitrogens with one attached hydrogen (secondary N) is 1. The number of aryl methyl sites for hydroxylation is 2. The molecule has 3 rings (SSSR count). The summed E-state index contributed by atoms with van der Waals surface area (Å²) in [7, 11) is 0. The lowest BCUT2D eigenvalue weighted by Crippen LogP contribution is -1.97. The van der Waals surface area contributed by atoms with E-state index < -0.39 is 0 Å². The van der Waals surface area contributed by atoms with E-state index >= 15 is 0 Å². The van der Waals surface area contributed by atoms with Gasteiger partial charge in [-0.25, -0.2) is 9.97 Å². The minimum atomic E-state index is 0.740. The van der Waals surface area contributed by atoms with Crippen LogP contribution in [0.2, 0.25) is 5.02 Å². The molecule has 0 aliphatic heterocycles. The van der Waals surface area contributed by atoms with E-state index in [2.05, 4.69) is 15.3 Å². The number of fused-ring (bicyclic) bond motifs is 1. The molecule has 0 spiro atoms. The number of halogens is 1. The average Bonchev–Trinajstić information content (AvgIpc) is 2.44. The topological polar surface area (TPSA) is 37.8 Å². The van der Waals surface area contributed by atoms with Crippen molar-refractivity contribution in [2.45, 2.75) is 13.8 Å². The second-order valence-electron chi connectivity index (χ2n) is 4.78. The highest BCUT2D eigenvalue weighted by Gasteiger charge is 2.06. The van der Waals surface area contributed by atoms with Crippen molar-refractivity contribution in [1.82, 2.24) is 9.97 Å². The zero-order valence-corrected chi connectivity index (χ0v) is 12.1. The SMILES string of the molecule is Cc1ccc(Nc2ncnc3c(C)cccc23)cc1Cl. The predicted octanol–water partition coefficient (Wildman–Crippen LogP) is 4.64. The van der Waals surface area contributed by atoms with Gasteiger partial charge < -0.3 is 5.32 Å². The average molecular weight is 284 g/mol. The van der Waals surface area contributed by atoms with E-state index in [1.807, 2.05) is 50.2 Å². The summed E-state index contributed by atoms with van der Waals surface area (Å²) in [6.07, 6.45) is 1.58. The van der Waals surface area contributed by atoms with E-state index in [9.17, 15) is 0 Å². The zero-order valence-electron chi connectivity index (χ0n) is 11.3. The van der Waals surface area contributed by atoms with Gasteiger partial charge in [0.15, 0.2) is 0 Å². The Morgan fingerprint density at radius 2 is 1.85 bits per heavy atom. The maximum Gasteiger partial charge on any atom is 0.141 e. The van der Waals surface area contributed by atoms with Gasteiger partial charge in [0.2, 0.25) is 0 Å². The lowest BCUT2D eigenvalue weighted by Gasteiger charge is -2.10. The molecule has 0 aliphatic rings. The maximum absolute atomic E-state index is 6.15. The number of para-hydroxylation sites is 1. The van der Waals surface area contributed by atoms with Gasteiger partial charge in [-0.1, -0.05) is 29.8 Å². The first-order valence-electron chi connectivity index (χ1n) is 6.38. The molecule has 0 saturated carbocycles. The van der Waals surface area contributed by atoms with Gasteiger partial charge in [0.25, 0.3) is 0 Å². The van der Waals surface area contributed by atoms with Gasteiger partial charge in [-0.15, -0.1) is 0 Å². The van der Waals surface area contributed by atoms with Crippen LogP contribution in [0.1, 0.15) is 11.1 Å². The van der Waals surface area contributed by atoms with E-state index in [-0.39, 0.29) is 0 Å². The lowest BCUT2D eigenvalue weighted by atomic mass is 10.1. The summed E-state index contributed by atoms with van der Waals surface area (Å²) >= 11 is 6.15. The monoisotopic (exact) mass is 283 g/mol. The van der Waals surface area contributed by atoms with Crippen molar-refractivity contribution in [2.24, 2.45) is 0 Å². The van der Waals surface area contributed by atoms with Gasteiger partial charge in [-0.05, 0) is 43.2 Å². The Labute approximate surface area is 122 Å². The molecule has 1 heterocycles. The molecular weight excluding hydrogens is 270 g/mol. The van der Waals surface area contributed by atoms with Crippen molar-refractivity contribution in [3.05, 3.63) is 58.9 Å². The molecule has 100 valence electrons. The van der Waals surface area contributed by atoms with Crippen LogP contribution >= 0.6 is 11.6 Å². The fourth-order valence-corrected chi connectivity index (χ4v) is 2.32. The molecule has 0 aliphatic carbocycles. The molecule has 20 heavy (non-hydrogen) atoms. The number of hydrogen-bond acceptors (Lipinski definition) is 3. The Balaban J connectivity index is 2.06. The largest absolute Gasteiger partial charge is 0.340 e. The van der Waals surface area contributed by atoms with E-state index in [4.69, 9.17) is 11.6 Å². The normalized spacial score (nSPS) is 10.8. The van der Waals surface area contributed by atoms with E-state index in [0.29, 0.717) is 0 Å². The molecule has 3 nitrogen and oxygen atoms in total. The van der Waals surface area contributed by atoms with Gasteiger partial charge in [0.05, 0.1) is 5.52 Å². The summed E-state index contributed by atoms with van der Waals surface area (Å²) in [5, 5.41) is 5.05. The summed E-state index contributed by atoms with van der Waals surface area (Å²) in [4.78, 5) is 8.67. The number of anilines is 2. The Morgan fingerprint density at radius 3 is 2.65 bits per heavy atom. The van der Waals surface area contributed by atoms with E-state index in [0.717, 1.165) is 38.6 Å². The first-order valence-corrected chi connectivity index (χ1v) is 6.76. The molecule has 1 N–H and O–H groups in total. The van der Waals surface area contributed by atoms with Crippen LogP contribution in [-0.2, 0) is 0 Å². The molecule has 0 fully saturated rings. The number of nitrogens with zero attached hydrogens (tertiary/aromatic N) is 2. The molecule has 4 heteroatoms. The highest BCUT2D eigenvalue weighted by molar-refractivity contribution is 6.31. The van der Waals surface area contributed by atoms with Crippen LogP contribution in [0.4, 0.5) is 11.5 Å². The number of aromatic nitrogens is 2. The first-order chi connectivity index (χ1) is 9.65. The molecule has 0 amide bonds. The molecule has 0 radical (unpaired) electrons. The highest BCUT2D eigenvalue weighted by atomic mass is 35.5. The van der Waals surface area contributed by atoms with Gasteiger partial charge in [0.1, 0.15) is 12.1 Å². The smallest absolute Gasteiger partial charge is 0.141 e. The molecular formula is C16H14ClN3. The number of rotatable bonds is 2. The lowest BCUT2D eigenvalue weighted by molar-refractivity contribution is 1.21. The minimum absolute atomic E-state index is 0.740. The standard InChI is InChI=1S/C16H14ClN3/c1-10-6-7-12(8-14(10)17)20-16-13-5-3-4-11(2)15(13)18-9-19-16/h3-9H,1-2H3,(H,18,19,20). The van der Waals surface area contributed by atoms with E-state index in [1.54, 1.807) is 6.33 Å². The Bertz CT molecular complexity index is 784. The van der Waals surface area contributed by atoms with Gasteiger partial charge in [0, 0.05) is 16.1 Å². The van der Waals surface area contributed by atoms with Gasteiger partial charge in [-0.2, -0.15) is 0 Å². The third-order valence-electron chi connectivity index (χ3n) is 3.30. The van der Waals surface area contributed by atoms with Crippen molar-refractivity contribution in [2.75, 3.05) is 5.32 Å². The van der Waals surface area contributed by atoms with Gasteiger partial charge >= 0.3 is 0 Å². The molecule has 0 saturated heterocycles. The molecule has 2 aromatic carbocycles. The van der Waals surface area contributed by atoms with Crippen LogP contribution < -0.4 is 5.32 Å². The van der Waals surface area contributed by atoms with Crippen LogP contribution in [0.25, 0.3) is 10.9 Å². The van der Waals surface area contributed by atoms with Crippen LogP contribution in [0, 0.1) is 13.8 Å². The number of hydrogen-bond donors (Lipinski definition) is 1. The molecule has 1 aromatic heterocycles. The second kappa shape index (κ2) is 5.10. The van der Waals surface area contributed by atoms with Crippen LogP contribution in [0.3, 0.4) is 0 Å². The third kappa shape index (κ3) is 2.32. The Hall–Kier alpha value is -2.13.